The molecule has 0 saturated carbocycles. The highest BCUT2D eigenvalue weighted by Crippen LogP contribution is 2.39. The number of nitrogens with zero attached hydrogens (tertiary/aromatic N) is 5. The molecule has 3 aromatic carbocycles. The number of aryl methyl sites for hydroxylation is 2. The van der Waals surface area contributed by atoms with Crippen LogP contribution in [-0.4, -0.2) is 39.4 Å². The van der Waals surface area contributed by atoms with Gasteiger partial charge in [0.1, 0.15) is 5.82 Å². The first-order valence-corrected chi connectivity index (χ1v) is 13.7. The lowest BCUT2D eigenvalue weighted by Crippen LogP contribution is -2.38. The second kappa shape index (κ2) is 10.4. The normalized spacial score (nSPS) is 14.3. The number of urea groups is 1. The van der Waals surface area contributed by atoms with Gasteiger partial charge in [-0.25, -0.2) is 9.48 Å². The molecule has 0 unspecified atom stereocenters. The summed E-state index contributed by atoms with van der Waals surface area (Å²) in [7, 11) is 4.07. The van der Waals surface area contributed by atoms with E-state index in [0.29, 0.717) is 6.54 Å². The zero-order valence-corrected chi connectivity index (χ0v) is 23.4. The number of fused-ring (bicyclic) bond motifs is 3. The first kappa shape index (κ1) is 25.5. The third kappa shape index (κ3) is 4.43. The molecule has 2 amide bonds. The van der Waals surface area contributed by atoms with Crippen LogP contribution in [0.2, 0.25) is 0 Å². The number of benzene rings is 3. The van der Waals surface area contributed by atoms with E-state index in [0.717, 1.165) is 57.4 Å². The summed E-state index contributed by atoms with van der Waals surface area (Å²) in [5, 5.41) is 8.19. The summed E-state index contributed by atoms with van der Waals surface area (Å²) >= 11 is 0. The molecule has 0 saturated heterocycles. The minimum Gasteiger partial charge on any atom is -0.378 e. The number of anilines is 2. The number of carbonyl (C=O) groups excluding carboxylic acids is 1. The first-order chi connectivity index (χ1) is 19.5. The maximum Gasteiger partial charge on any atom is 0.322 e. The molecular weight excluding hydrogens is 496 g/mol. The number of nitrogens with one attached hydrogen (secondary N) is 1. The minimum atomic E-state index is -0.309. The standard InChI is InChI=1S/C33H34N6O/c1-5-24-12-9-10-15-29(24)34-33(40)38-22-28-23(2)35-39(27-13-7-6-8-14-27)32(28)37-21-11-16-30(37)31(38)25-17-19-26(20-18-25)36(3)4/h6-21,31H,5,22H2,1-4H3,(H,34,40)/t31-/m1/s1. The molecule has 0 spiro atoms. The fourth-order valence-corrected chi connectivity index (χ4v) is 5.59. The summed E-state index contributed by atoms with van der Waals surface area (Å²) in [5.74, 6) is 0.961. The van der Waals surface area contributed by atoms with Crippen molar-refractivity contribution in [2.45, 2.75) is 32.9 Å². The average molecular weight is 531 g/mol. The van der Waals surface area contributed by atoms with E-state index < -0.39 is 0 Å². The van der Waals surface area contributed by atoms with Crippen LogP contribution in [0.3, 0.4) is 0 Å². The SMILES string of the molecule is CCc1ccccc1NC(=O)N1Cc2c(C)nn(-c3ccccc3)c2-n2cccc2[C@H]1c1ccc(N(C)C)cc1. The molecule has 1 aliphatic heterocycles. The van der Waals surface area contributed by atoms with Crippen molar-refractivity contribution in [1.29, 1.82) is 0 Å². The fraction of sp³-hybridized carbons (Fsp3) is 0.212. The van der Waals surface area contributed by atoms with Gasteiger partial charge in [0.25, 0.3) is 0 Å². The van der Waals surface area contributed by atoms with Gasteiger partial charge >= 0.3 is 6.03 Å². The van der Waals surface area contributed by atoms with Crippen molar-refractivity contribution in [1.82, 2.24) is 19.2 Å². The molecule has 0 aliphatic carbocycles. The Balaban J connectivity index is 1.52. The van der Waals surface area contributed by atoms with E-state index in [-0.39, 0.29) is 12.1 Å². The van der Waals surface area contributed by atoms with Gasteiger partial charge in [-0.15, -0.1) is 0 Å². The van der Waals surface area contributed by atoms with Crippen LogP contribution < -0.4 is 10.2 Å². The molecule has 0 fully saturated rings. The molecule has 202 valence electrons. The molecule has 6 rings (SSSR count). The molecule has 0 radical (unpaired) electrons. The van der Waals surface area contributed by atoms with Crippen molar-refractivity contribution in [2.24, 2.45) is 0 Å². The molecule has 7 heteroatoms. The van der Waals surface area contributed by atoms with Crippen molar-refractivity contribution < 1.29 is 4.79 Å². The lowest BCUT2D eigenvalue weighted by Gasteiger charge is -2.31. The van der Waals surface area contributed by atoms with Crippen LogP contribution in [-0.2, 0) is 13.0 Å². The van der Waals surface area contributed by atoms with Gasteiger partial charge in [-0.1, -0.05) is 55.5 Å². The Labute approximate surface area is 235 Å². The quantitative estimate of drug-likeness (QED) is 0.274. The molecule has 40 heavy (non-hydrogen) atoms. The molecule has 3 heterocycles. The number of rotatable bonds is 5. The lowest BCUT2D eigenvalue weighted by molar-refractivity contribution is 0.194. The van der Waals surface area contributed by atoms with Gasteiger partial charge in [-0.2, -0.15) is 5.10 Å². The molecule has 0 bridgehead atoms. The van der Waals surface area contributed by atoms with Gasteiger partial charge in [0.05, 0.1) is 29.7 Å². The Hall–Kier alpha value is -4.78. The molecule has 1 N–H and O–H groups in total. The lowest BCUT2D eigenvalue weighted by atomic mass is 10.0. The third-order valence-corrected chi connectivity index (χ3v) is 7.71. The summed E-state index contributed by atoms with van der Waals surface area (Å²) in [4.78, 5) is 18.3. The number of carbonyl (C=O) groups is 1. The molecule has 7 nitrogen and oxygen atoms in total. The summed E-state index contributed by atoms with van der Waals surface area (Å²) in [5.41, 5.74) is 8.01. The summed E-state index contributed by atoms with van der Waals surface area (Å²) in [6, 6.07) is 30.4. The van der Waals surface area contributed by atoms with Crippen LogP contribution in [0.15, 0.2) is 97.2 Å². The first-order valence-electron chi connectivity index (χ1n) is 13.7. The highest BCUT2D eigenvalue weighted by atomic mass is 16.2. The monoisotopic (exact) mass is 530 g/mol. The average Bonchev–Trinajstić information content (AvgIpc) is 3.54. The second-order valence-corrected chi connectivity index (χ2v) is 10.4. The summed E-state index contributed by atoms with van der Waals surface area (Å²) in [6.07, 6.45) is 2.91. The van der Waals surface area contributed by atoms with Gasteiger partial charge in [0.2, 0.25) is 0 Å². The van der Waals surface area contributed by atoms with Gasteiger partial charge in [-0.3, -0.25) is 0 Å². The summed E-state index contributed by atoms with van der Waals surface area (Å²) in [6.45, 7) is 4.54. The Morgan fingerprint density at radius 3 is 2.40 bits per heavy atom. The van der Waals surface area contributed by atoms with Gasteiger partial charge in [0, 0.05) is 37.2 Å². The third-order valence-electron chi connectivity index (χ3n) is 7.71. The Morgan fingerprint density at radius 1 is 0.950 bits per heavy atom. The van der Waals surface area contributed by atoms with E-state index >= 15 is 0 Å². The van der Waals surface area contributed by atoms with E-state index in [9.17, 15) is 4.79 Å². The Bertz CT molecular complexity index is 1650. The fourth-order valence-electron chi connectivity index (χ4n) is 5.59. The van der Waals surface area contributed by atoms with Crippen LogP contribution in [0, 0.1) is 6.92 Å². The van der Waals surface area contributed by atoms with E-state index in [2.05, 4.69) is 76.4 Å². The molecule has 2 aromatic heterocycles. The number of amides is 2. The van der Waals surface area contributed by atoms with Crippen molar-refractivity contribution in [2.75, 3.05) is 24.3 Å². The van der Waals surface area contributed by atoms with Crippen LogP contribution in [0.4, 0.5) is 16.2 Å². The maximum atomic E-state index is 14.2. The topological polar surface area (TPSA) is 58.3 Å². The number of hydrogen-bond donors (Lipinski definition) is 1. The van der Waals surface area contributed by atoms with E-state index in [1.165, 1.54) is 0 Å². The Morgan fingerprint density at radius 2 is 1.68 bits per heavy atom. The van der Waals surface area contributed by atoms with E-state index in [1.807, 2.05) is 73.1 Å². The van der Waals surface area contributed by atoms with Crippen molar-refractivity contribution >= 4 is 17.4 Å². The smallest absolute Gasteiger partial charge is 0.322 e. The number of aromatic nitrogens is 3. The second-order valence-electron chi connectivity index (χ2n) is 10.4. The van der Waals surface area contributed by atoms with Crippen LogP contribution >= 0.6 is 0 Å². The van der Waals surface area contributed by atoms with Gasteiger partial charge in [-0.05, 0) is 66.9 Å². The van der Waals surface area contributed by atoms with E-state index in [1.54, 1.807) is 0 Å². The minimum absolute atomic E-state index is 0.143. The molecule has 1 atom stereocenters. The summed E-state index contributed by atoms with van der Waals surface area (Å²) < 4.78 is 4.19. The zero-order chi connectivity index (χ0) is 27.8. The number of hydrogen-bond acceptors (Lipinski definition) is 3. The predicted octanol–water partition coefficient (Wildman–Crippen LogP) is 6.74. The largest absolute Gasteiger partial charge is 0.378 e. The molecular formula is C33H34N6O. The van der Waals surface area contributed by atoms with Crippen molar-refractivity contribution in [3.8, 4) is 11.5 Å². The predicted molar refractivity (Wildman–Crippen MR) is 161 cm³/mol. The van der Waals surface area contributed by atoms with Crippen molar-refractivity contribution in [3.05, 3.63) is 125 Å². The maximum absolute atomic E-state index is 14.2. The highest BCUT2D eigenvalue weighted by molar-refractivity contribution is 5.91. The van der Waals surface area contributed by atoms with Gasteiger partial charge < -0.3 is 19.7 Å². The zero-order valence-electron chi connectivity index (χ0n) is 23.4. The van der Waals surface area contributed by atoms with Crippen LogP contribution in [0.5, 0.6) is 0 Å². The van der Waals surface area contributed by atoms with Crippen LogP contribution in [0.25, 0.3) is 11.5 Å². The highest BCUT2D eigenvalue weighted by Gasteiger charge is 2.36. The molecule has 5 aromatic rings. The Kier molecular flexibility index (Phi) is 6.64. The molecule has 1 aliphatic rings. The number of para-hydroxylation sites is 2. The van der Waals surface area contributed by atoms with Crippen LogP contribution in [0.1, 0.15) is 41.0 Å². The van der Waals surface area contributed by atoms with E-state index in [4.69, 9.17) is 5.10 Å². The van der Waals surface area contributed by atoms with Gasteiger partial charge in [0.15, 0.2) is 0 Å². The van der Waals surface area contributed by atoms with Crippen molar-refractivity contribution in [3.63, 3.8) is 0 Å².